The Bertz CT molecular complexity index is 237. The van der Waals surface area contributed by atoms with Gasteiger partial charge in [0, 0.05) is 0 Å². The Kier molecular flexibility index (Phi) is 6.81. The largest absolute Gasteiger partial charge is 0.491 e. The Morgan fingerprint density at radius 2 is 2.00 bits per heavy atom. The molecule has 0 saturated carbocycles. The molecule has 0 aromatic rings. The molecule has 80 valence electrons. The summed E-state index contributed by atoms with van der Waals surface area (Å²) in [6.07, 6.45) is 6.35. The van der Waals surface area contributed by atoms with E-state index >= 15 is 0 Å². The second kappa shape index (κ2) is 7.36. The minimum atomic E-state index is 0.144. The first kappa shape index (κ1) is 12.9. The fourth-order valence-corrected chi connectivity index (χ4v) is 0.895. The van der Waals surface area contributed by atoms with Gasteiger partial charge in [-0.3, -0.25) is 0 Å². The van der Waals surface area contributed by atoms with Gasteiger partial charge in [0.1, 0.15) is 5.76 Å². The molecule has 0 aliphatic heterocycles. The van der Waals surface area contributed by atoms with Crippen molar-refractivity contribution in [2.45, 2.75) is 40.2 Å². The van der Waals surface area contributed by atoms with Crippen molar-refractivity contribution < 1.29 is 9.13 Å². The Labute approximate surface area is 86.0 Å². The molecule has 0 saturated heterocycles. The van der Waals surface area contributed by atoms with Gasteiger partial charge in [0.05, 0.1) is 12.4 Å². The highest BCUT2D eigenvalue weighted by atomic mass is 19.1. The quantitative estimate of drug-likeness (QED) is 0.476. The van der Waals surface area contributed by atoms with Crippen LogP contribution in [0, 0.1) is 0 Å². The molecule has 0 spiro atoms. The number of ether oxygens (including phenoxy) is 1. The van der Waals surface area contributed by atoms with Crippen molar-refractivity contribution >= 4 is 0 Å². The molecule has 0 fully saturated rings. The van der Waals surface area contributed by atoms with Gasteiger partial charge in [-0.25, -0.2) is 4.39 Å². The molecule has 2 heteroatoms. The summed E-state index contributed by atoms with van der Waals surface area (Å²) in [6, 6.07) is 0. The zero-order chi connectivity index (χ0) is 11.0. The van der Waals surface area contributed by atoms with Crippen LogP contribution >= 0.6 is 0 Å². The van der Waals surface area contributed by atoms with Gasteiger partial charge in [0.15, 0.2) is 0 Å². The average Bonchev–Trinajstić information content (AvgIpc) is 2.15. The molecule has 14 heavy (non-hydrogen) atoms. The van der Waals surface area contributed by atoms with Crippen LogP contribution in [-0.2, 0) is 4.74 Å². The predicted octanol–water partition coefficient (Wildman–Crippen LogP) is 4.13. The van der Waals surface area contributed by atoms with Crippen molar-refractivity contribution in [1.82, 2.24) is 0 Å². The zero-order valence-electron chi connectivity index (χ0n) is 9.38. The van der Waals surface area contributed by atoms with Crippen LogP contribution < -0.4 is 0 Å². The summed E-state index contributed by atoms with van der Waals surface area (Å²) in [5, 5.41) is 0. The zero-order valence-corrected chi connectivity index (χ0v) is 9.38. The number of hydrogen-bond acceptors (Lipinski definition) is 1. The van der Waals surface area contributed by atoms with E-state index in [-0.39, 0.29) is 6.10 Å². The third kappa shape index (κ3) is 5.57. The van der Waals surface area contributed by atoms with Crippen LogP contribution in [0.4, 0.5) is 4.39 Å². The van der Waals surface area contributed by atoms with Crippen molar-refractivity contribution in [2.75, 3.05) is 0 Å². The van der Waals surface area contributed by atoms with E-state index in [0.29, 0.717) is 6.33 Å². The van der Waals surface area contributed by atoms with Crippen molar-refractivity contribution in [3.8, 4) is 0 Å². The van der Waals surface area contributed by atoms with Gasteiger partial charge >= 0.3 is 0 Å². The lowest BCUT2D eigenvalue weighted by Gasteiger charge is -2.13. The van der Waals surface area contributed by atoms with E-state index in [1.807, 2.05) is 20.8 Å². The maximum Gasteiger partial charge on any atom is 0.118 e. The van der Waals surface area contributed by atoms with Crippen LogP contribution in [0.25, 0.3) is 0 Å². The minimum absolute atomic E-state index is 0.144. The standard InChI is InChI=1S/C12H19FO/c1-5-11(4)12(14-10(2)3)8-6-7-9-13/h6-10H,5H2,1-4H3. The third-order valence-corrected chi connectivity index (χ3v) is 1.75. The second-order valence-corrected chi connectivity index (χ2v) is 3.34. The van der Waals surface area contributed by atoms with Gasteiger partial charge < -0.3 is 4.74 Å². The third-order valence-electron chi connectivity index (χ3n) is 1.75. The lowest BCUT2D eigenvalue weighted by Crippen LogP contribution is -2.02. The summed E-state index contributed by atoms with van der Waals surface area (Å²) < 4.78 is 17.3. The Balaban J connectivity index is 4.56. The first-order chi connectivity index (χ1) is 6.61. The topological polar surface area (TPSA) is 9.23 Å². The highest BCUT2D eigenvalue weighted by Crippen LogP contribution is 2.13. The maximum absolute atomic E-state index is 11.7. The molecule has 0 aromatic heterocycles. The molecule has 0 aliphatic carbocycles. The van der Waals surface area contributed by atoms with Gasteiger partial charge in [0.2, 0.25) is 0 Å². The predicted molar refractivity (Wildman–Crippen MR) is 58.6 cm³/mol. The number of halogens is 1. The lowest BCUT2D eigenvalue weighted by molar-refractivity contribution is 0.154. The summed E-state index contributed by atoms with van der Waals surface area (Å²) in [7, 11) is 0. The number of allylic oxidation sites excluding steroid dienone is 4. The molecule has 0 unspecified atom stereocenters. The van der Waals surface area contributed by atoms with E-state index in [0.717, 1.165) is 12.2 Å². The van der Waals surface area contributed by atoms with E-state index in [2.05, 4.69) is 6.92 Å². The molecular weight excluding hydrogens is 179 g/mol. The normalized spacial score (nSPS) is 14.1. The summed E-state index contributed by atoms with van der Waals surface area (Å²) in [6.45, 7) is 8.03. The van der Waals surface area contributed by atoms with Crippen LogP contribution in [0.2, 0.25) is 0 Å². The van der Waals surface area contributed by atoms with Gasteiger partial charge in [-0.15, -0.1) is 0 Å². The highest BCUT2D eigenvalue weighted by molar-refractivity contribution is 5.21. The maximum atomic E-state index is 11.7. The average molecular weight is 198 g/mol. The highest BCUT2D eigenvalue weighted by Gasteiger charge is 2.00. The van der Waals surface area contributed by atoms with E-state index in [1.165, 1.54) is 11.6 Å². The lowest BCUT2D eigenvalue weighted by atomic mass is 10.2. The molecule has 1 nitrogen and oxygen atoms in total. The first-order valence-corrected chi connectivity index (χ1v) is 4.91. The molecule has 0 amide bonds. The van der Waals surface area contributed by atoms with Crippen LogP contribution in [-0.4, -0.2) is 6.10 Å². The molecule has 0 N–H and O–H groups in total. The molecule has 0 aliphatic rings. The van der Waals surface area contributed by atoms with Gasteiger partial charge in [0.25, 0.3) is 0 Å². The first-order valence-electron chi connectivity index (χ1n) is 4.91. The van der Waals surface area contributed by atoms with E-state index in [1.54, 1.807) is 12.2 Å². The Hall–Kier alpha value is -1.05. The Morgan fingerprint density at radius 1 is 1.36 bits per heavy atom. The molecule has 0 atom stereocenters. The van der Waals surface area contributed by atoms with E-state index in [9.17, 15) is 4.39 Å². The van der Waals surface area contributed by atoms with Crippen LogP contribution in [0.1, 0.15) is 34.1 Å². The summed E-state index contributed by atoms with van der Waals surface area (Å²) >= 11 is 0. The number of rotatable bonds is 5. The van der Waals surface area contributed by atoms with Gasteiger partial charge in [-0.2, -0.15) is 0 Å². The SMILES string of the molecule is CCC(C)=C(C=CC=CF)OC(C)C. The molecular formula is C12H19FO. The van der Waals surface area contributed by atoms with Crippen molar-refractivity contribution in [3.63, 3.8) is 0 Å². The monoisotopic (exact) mass is 198 g/mol. The summed E-state index contributed by atoms with van der Waals surface area (Å²) in [5.74, 6) is 0.834. The van der Waals surface area contributed by atoms with Crippen LogP contribution in [0.3, 0.4) is 0 Å². The van der Waals surface area contributed by atoms with Gasteiger partial charge in [-0.1, -0.05) is 13.0 Å². The number of hydrogen-bond donors (Lipinski definition) is 0. The molecule has 0 bridgehead atoms. The molecule has 0 heterocycles. The van der Waals surface area contributed by atoms with Gasteiger partial charge in [-0.05, 0) is 44.9 Å². The Morgan fingerprint density at radius 3 is 2.43 bits per heavy atom. The molecule has 0 aromatic carbocycles. The smallest absolute Gasteiger partial charge is 0.118 e. The van der Waals surface area contributed by atoms with Crippen molar-refractivity contribution in [3.05, 3.63) is 35.9 Å². The summed E-state index contributed by atoms with van der Waals surface area (Å²) in [4.78, 5) is 0. The molecule has 0 rings (SSSR count). The minimum Gasteiger partial charge on any atom is -0.491 e. The van der Waals surface area contributed by atoms with E-state index < -0.39 is 0 Å². The van der Waals surface area contributed by atoms with Crippen LogP contribution in [0.15, 0.2) is 35.9 Å². The van der Waals surface area contributed by atoms with Crippen molar-refractivity contribution in [2.24, 2.45) is 0 Å². The second-order valence-electron chi connectivity index (χ2n) is 3.34. The summed E-state index contributed by atoms with van der Waals surface area (Å²) in [5.41, 5.74) is 1.17. The van der Waals surface area contributed by atoms with Crippen LogP contribution in [0.5, 0.6) is 0 Å². The van der Waals surface area contributed by atoms with Crippen molar-refractivity contribution in [1.29, 1.82) is 0 Å². The van der Waals surface area contributed by atoms with E-state index in [4.69, 9.17) is 4.74 Å². The molecule has 0 radical (unpaired) electrons. The fourth-order valence-electron chi connectivity index (χ4n) is 0.895. The fraction of sp³-hybridized carbons (Fsp3) is 0.500.